The monoisotopic (exact) mass is 471 g/mol. The zero-order valence-corrected chi connectivity index (χ0v) is 19.8. The summed E-state index contributed by atoms with van der Waals surface area (Å²) in [6, 6.07) is 5.02. The number of hydrogen-bond donors (Lipinski definition) is 1. The Bertz CT molecular complexity index is 745. The third-order valence-corrected chi connectivity index (χ3v) is 5.72. The Hall–Kier alpha value is -1.85. The summed E-state index contributed by atoms with van der Waals surface area (Å²) in [5.41, 5.74) is -0.370. The molecule has 0 aromatic heterocycles. The molecule has 0 spiro atoms. The third-order valence-electron chi connectivity index (χ3n) is 4.43. The first-order valence-corrected chi connectivity index (χ1v) is 11.6. The number of esters is 1. The maximum Gasteiger partial charge on any atom is 0.334 e. The number of aromatic hydroxyl groups is 1. The molecule has 0 saturated carbocycles. The van der Waals surface area contributed by atoms with Crippen molar-refractivity contribution in [2.24, 2.45) is 4.99 Å². The molecule has 1 aliphatic rings. The van der Waals surface area contributed by atoms with Crippen LogP contribution < -0.4 is 4.74 Å². The van der Waals surface area contributed by atoms with Crippen molar-refractivity contribution in [2.75, 3.05) is 72.3 Å². The van der Waals surface area contributed by atoms with E-state index in [1.54, 1.807) is 33.1 Å². The molecule has 32 heavy (non-hydrogen) atoms. The minimum Gasteiger partial charge on any atom is -0.507 e. The van der Waals surface area contributed by atoms with Gasteiger partial charge in [-0.1, -0.05) is 0 Å². The fourth-order valence-corrected chi connectivity index (χ4v) is 3.91. The van der Waals surface area contributed by atoms with E-state index >= 15 is 0 Å². The second kappa shape index (κ2) is 14.3. The van der Waals surface area contributed by atoms with Crippen molar-refractivity contribution < 1.29 is 38.3 Å². The first-order chi connectivity index (χ1) is 15.5. The van der Waals surface area contributed by atoms with Gasteiger partial charge in [-0.2, -0.15) is 0 Å². The van der Waals surface area contributed by atoms with E-state index in [9.17, 15) is 9.90 Å². The van der Waals surface area contributed by atoms with E-state index in [1.807, 2.05) is 0 Å². The SMILES string of the molecule is CCOC(=O)[C@@]1(C)CSC(c2ccc(OCCOCCOCCOCCOC)cc2O)=N1. The number of carbonyl (C=O) groups is 1. The topological polar surface area (TPSA) is 105 Å². The normalized spacial score (nSPS) is 17.9. The standard InChI is InChI=1S/C22H33NO8S/c1-4-30-21(25)22(2)16-32-20(23-22)18-6-5-17(15-19(18)24)31-14-13-29-12-11-28-10-9-27-8-7-26-3/h5-6,15,24H,4,7-14,16H2,1-3H3/t22-/m1/s1. The smallest absolute Gasteiger partial charge is 0.334 e. The number of nitrogens with zero attached hydrogens (tertiary/aromatic N) is 1. The first kappa shape index (κ1) is 26.4. The van der Waals surface area contributed by atoms with Crippen LogP contribution in [-0.4, -0.2) is 94.0 Å². The molecule has 0 bridgehead atoms. The van der Waals surface area contributed by atoms with Crippen molar-refractivity contribution in [1.29, 1.82) is 0 Å². The van der Waals surface area contributed by atoms with Gasteiger partial charge in [-0.3, -0.25) is 4.99 Å². The van der Waals surface area contributed by atoms with E-state index < -0.39 is 5.54 Å². The van der Waals surface area contributed by atoms with Crippen molar-refractivity contribution in [3.05, 3.63) is 23.8 Å². The van der Waals surface area contributed by atoms with Crippen LogP contribution in [0.1, 0.15) is 19.4 Å². The fraction of sp³-hybridized carbons (Fsp3) is 0.636. The Kier molecular flexibility index (Phi) is 11.8. The highest BCUT2D eigenvalue weighted by atomic mass is 32.2. The quantitative estimate of drug-likeness (QED) is 0.287. The number of rotatable bonds is 16. The Labute approximate surface area is 193 Å². The van der Waals surface area contributed by atoms with Crippen LogP contribution in [0, 0.1) is 0 Å². The van der Waals surface area contributed by atoms with Gasteiger partial charge in [-0.05, 0) is 26.0 Å². The average molecular weight is 472 g/mol. The maximum absolute atomic E-state index is 12.1. The van der Waals surface area contributed by atoms with Gasteiger partial charge in [-0.25, -0.2) is 4.79 Å². The van der Waals surface area contributed by atoms with Gasteiger partial charge in [-0.15, -0.1) is 11.8 Å². The van der Waals surface area contributed by atoms with Gasteiger partial charge in [0.05, 0.1) is 52.9 Å². The zero-order valence-electron chi connectivity index (χ0n) is 19.0. The van der Waals surface area contributed by atoms with Gasteiger partial charge in [0.15, 0.2) is 5.54 Å². The molecule has 180 valence electrons. The minimum absolute atomic E-state index is 0.0453. The average Bonchev–Trinajstić information content (AvgIpc) is 3.18. The van der Waals surface area contributed by atoms with Crippen LogP contribution in [0.5, 0.6) is 11.5 Å². The number of benzene rings is 1. The molecule has 1 N–H and O–H groups in total. The lowest BCUT2D eigenvalue weighted by Crippen LogP contribution is -2.35. The van der Waals surface area contributed by atoms with E-state index in [0.717, 1.165) is 0 Å². The number of aliphatic imine (C=N–C) groups is 1. The van der Waals surface area contributed by atoms with E-state index in [0.29, 0.717) is 81.6 Å². The van der Waals surface area contributed by atoms with Crippen molar-refractivity contribution in [3.63, 3.8) is 0 Å². The van der Waals surface area contributed by atoms with Gasteiger partial charge in [0.1, 0.15) is 23.1 Å². The van der Waals surface area contributed by atoms with Gasteiger partial charge < -0.3 is 33.5 Å². The van der Waals surface area contributed by atoms with Crippen LogP contribution in [0.3, 0.4) is 0 Å². The highest BCUT2D eigenvalue weighted by Gasteiger charge is 2.40. The Morgan fingerprint density at radius 2 is 1.69 bits per heavy atom. The minimum atomic E-state index is -0.935. The van der Waals surface area contributed by atoms with Gasteiger partial charge in [0, 0.05) is 24.5 Å². The Balaban J connectivity index is 1.66. The van der Waals surface area contributed by atoms with Gasteiger partial charge in [0.2, 0.25) is 0 Å². The summed E-state index contributed by atoms with van der Waals surface area (Å²) in [7, 11) is 1.63. The number of hydrogen-bond acceptors (Lipinski definition) is 10. The molecule has 1 atom stereocenters. The molecule has 0 saturated heterocycles. The first-order valence-electron chi connectivity index (χ1n) is 10.6. The highest BCUT2D eigenvalue weighted by molar-refractivity contribution is 8.14. The Morgan fingerprint density at radius 3 is 2.28 bits per heavy atom. The molecular weight excluding hydrogens is 438 g/mol. The van der Waals surface area contributed by atoms with Crippen molar-refractivity contribution >= 4 is 22.8 Å². The lowest BCUT2D eigenvalue weighted by molar-refractivity contribution is -0.147. The summed E-state index contributed by atoms with van der Waals surface area (Å²) < 4.78 is 31.7. The molecule has 2 rings (SSSR count). The molecular formula is C22H33NO8S. The summed E-state index contributed by atoms with van der Waals surface area (Å²) >= 11 is 1.42. The number of ether oxygens (including phenoxy) is 6. The molecule has 1 heterocycles. The summed E-state index contributed by atoms with van der Waals surface area (Å²) in [5, 5.41) is 11.0. The molecule has 1 aliphatic heterocycles. The summed E-state index contributed by atoms with van der Waals surface area (Å²) in [4.78, 5) is 16.6. The molecule has 1 aromatic rings. The van der Waals surface area contributed by atoms with E-state index in [-0.39, 0.29) is 11.7 Å². The van der Waals surface area contributed by atoms with Gasteiger partial charge >= 0.3 is 5.97 Å². The Morgan fingerprint density at radius 1 is 1.06 bits per heavy atom. The maximum atomic E-state index is 12.1. The second-order valence-corrected chi connectivity index (χ2v) is 8.02. The number of thioether (sulfide) groups is 1. The van der Waals surface area contributed by atoms with Crippen LogP contribution >= 0.6 is 11.8 Å². The molecule has 0 radical (unpaired) electrons. The number of carbonyl (C=O) groups excluding carboxylic acids is 1. The molecule has 10 heteroatoms. The van der Waals surface area contributed by atoms with Gasteiger partial charge in [0.25, 0.3) is 0 Å². The van der Waals surface area contributed by atoms with Crippen LogP contribution in [0.15, 0.2) is 23.2 Å². The zero-order chi connectivity index (χ0) is 23.2. The van der Waals surface area contributed by atoms with E-state index in [2.05, 4.69) is 4.99 Å². The van der Waals surface area contributed by atoms with Crippen LogP contribution in [0.25, 0.3) is 0 Å². The number of phenols is 1. The molecule has 1 aromatic carbocycles. The summed E-state index contributed by atoms with van der Waals surface area (Å²) in [6.07, 6.45) is 0. The highest BCUT2D eigenvalue weighted by Crippen LogP contribution is 2.35. The van der Waals surface area contributed by atoms with E-state index in [4.69, 9.17) is 28.4 Å². The predicted molar refractivity (Wildman–Crippen MR) is 122 cm³/mol. The number of methoxy groups -OCH3 is 1. The molecule has 0 amide bonds. The van der Waals surface area contributed by atoms with E-state index in [1.165, 1.54) is 17.8 Å². The van der Waals surface area contributed by atoms with Crippen LogP contribution in [0.2, 0.25) is 0 Å². The fourth-order valence-electron chi connectivity index (χ4n) is 2.71. The summed E-state index contributed by atoms with van der Waals surface area (Å²) in [6.45, 7) is 7.66. The summed E-state index contributed by atoms with van der Waals surface area (Å²) in [5.74, 6) is 0.684. The van der Waals surface area contributed by atoms with Crippen molar-refractivity contribution in [2.45, 2.75) is 19.4 Å². The van der Waals surface area contributed by atoms with Crippen LogP contribution in [-0.2, 0) is 28.5 Å². The molecule has 9 nitrogen and oxygen atoms in total. The predicted octanol–water partition coefficient (Wildman–Crippen LogP) is 2.28. The lowest BCUT2D eigenvalue weighted by Gasteiger charge is -2.16. The molecule has 0 aliphatic carbocycles. The molecule has 0 unspecified atom stereocenters. The van der Waals surface area contributed by atoms with Crippen molar-refractivity contribution in [3.8, 4) is 11.5 Å². The number of phenolic OH excluding ortho intramolecular Hbond substituents is 1. The molecule has 0 fully saturated rings. The van der Waals surface area contributed by atoms with Crippen molar-refractivity contribution in [1.82, 2.24) is 0 Å². The largest absolute Gasteiger partial charge is 0.507 e. The third kappa shape index (κ3) is 8.59. The van der Waals surface area contributed by atoms with Crippen LogP contribution in [0.4, 0.5) is 0 Å². The lowest BCUT2D eigenvalue weighted by atomic mass is 10.1. The second-order valence-electron chi connectivity index (χ2n) is 7.06.